The molecule has 0 spiro atoms. The molecule has 4 rings (SSSR count). The standard InChI is InChI=1S/C14H19N3O2/c18-12-10-7-17(8-11(10)15-13(19)16-12)5-4-14-3-1-2-9(14)6-14/h9H,1-8H2,(H2,15,16,18,19)/t9-,14-/m1/s1. The van der Waals surface area contributed by atoms with Gasteiger partial charge in [0.05, 0.1) is 5.56 Å². The lowest BCUT2D eigenvalue weighted by Crippen LogP contribution is -2.26. The van der Waals surface area contributed by atoms with Crippen molar-refractivity contribution in [3.05, 3.63) is 32.1 Å². The van der Waals surface area contributed by atoms with Crippen LogP contribution in [0.2, 0.25) is 0 Å². The van der Waals surface area contributed by atoms with Crippen LogP contribution in [0.1, 0.15) is 43.4 Å². The van der Waals surface area contributed by atoms with E-state index in [-0.39, 0.29) is 11.2 Å². The predicted molar refractivity (Wildman–Crippen MR) is 70.8 cm³/mol. The second kappa shape index (κ2) is 3.82. The van der Waals surface area contributed by atoms with Crippen LogP contribution in [-0.4, -0.2) is 21.4 Å². The van der Waals surface area contributed by atoms with Gasteiger partial charge in [-0.15, -0.1) is 0 Å². The Morgan fingerprint density at radius 1 is 1.26 bits per heavy atom. The average Bonchev–Trinajstić information content (AvgIpc) is 2.72. The zero-order chi connectivity index (χ0) is 13.0. The Bertz CT molecular complexity index is 632. The molecule has 102 valence electrons. The van der Waals surface area contributed by atoms with Gasteiger partial charge in [-0.1, -0.05) is 6.42 Å². The van der Waals surface area contributed by atoms with Gasteiger partial charge in [-0.05, 0) is 43.6 Å². The van der Waals surface area contributed by atoms with Crippen molar-refractivity contribution in [3.63, 3.8) is 0 Å². The lowest BCUT2D eigenvalue weighted by Gasteiger charge is -2.18. The number of H-pyrrole nitrogens is 2. The largest absolute Gasteiger partial charge is 0.325 e. The second-order valence-corrected chi connectivity index (χ2v) is 6.48. The molecule has 3 aliphatic rings. The fourth-order valence-corrected chi connectivity index (χ4v) is 4.18. The van der Waals surface area contributed by atoms with Gasteiger partial charge in [-0.2, -0.15) is 0 Å². The third-order valence-electron chi connectivity index (χ3n) is 5.41. The fraction of sp³-hybridized carbons (Fsp3) is 0.714. The van der Waals surface area contributed by atoms with E-state index in [1.807, 2.05) is 0 Å². The Balaban J connectivity index is 1.45. The minimum absolute atomic E-state index is 0.218. The zero-order valence-corrected chi connectivity index (χ0v) is 11.0. The molecule has 2 fully saturated rings. The summed E-state index contributed by atoms with van der Waals surface area (Å²) in [6.07, 6.45) is 6.90. The van der Waals surface area contributed by atoms with E-state index in [2.05, 4.69) is 14.9 Å². The highest BCUT2D eigenvalue weighted by atomic mass is 16.2. The Morgan fingerprint density at radius 3 is 2.89 bits per heavy atom. The van der Waals surface area contributed by atoms with Crippen molar-refractivity contribution >= 4 is 0 Å². The summed E-state index contributed by atoms with van der Waals surface area (Å²) in [5.41, 5.74) is 1.60. The van der Waals surface area contributed by atoms with E-state index >= 15 is 0 Å². The van der Waals surface area contributed by atoms with Crippen LogP contribution in [0, 0.1) is 11.3 Å². The van der Waals surface area contributed by atoms with E-state index < -0.39 is 0 Å². The average molecular weight is 261 g/mol. The Hall–Kier alpha value is -1.36. The van der Waals surface area contributed by atoms with Gasteiger partial charge < -0.3 is 4.98 Å². The van der Waals surface area contributed by atoms with Gasteiger partial charge in [0, 0.05) is 18.8 Å². The summed E-state index contributed by atoms with van der Waals surface area (Å²) < 4.78 is 0. The Morgan fingerprint density at radius 2 is 2.16 bits per heavy atom. The lowest BCUT2D eigenvalue weighted by atomic mass is 9.99. The third kappa shape index (κ3) is 1.79. The number of hydrogen-bond acceptors (Lipinski definition) is 3. The van der Waals surface area contributed by atoms with Crippen LogP contribution in [0.4, 0.5) is 0 Å². The minimum Gasteiger partial charge on any atom is -0.310 e. The molecule has 2 N–H and O–H groups in total. The number of aromatic amines is 2. The van der Waals surface area contributed by atoms with Crippen molar-refractivity contribution in [1.29, 1.82) is 0 Å². The summed E-state index contributed by atoms with van der Waals surface area (Å²) in [6, 6.07) is 0. The van der Waals surface area contributed by atoms with E-state index in [1.165, 1.54) is 32.1 Å². The maximum atomic E-state index is 11.7. The van der Waals surface area contributed by atoms with E-state index in [0.29, 0.717) is 12.0 Å². The molecule has 0 radical (unpaired) electrons. The van der Waals surface area contributed by atoms with Gasteiger partial charge in [0.1, 0.15) is 0 Å². The van der Waals surface area contributed by atoms with Gasteiger partial charge >= 0.3 is 5.69 Å². The Kier molecular flexibility index (Phi) is 2.31. The molecule has 1 aromatic rings. The first-order valence-electron chi connectivity index (χ1n) is 7.23. The predicted octanol–water partition coefficient (Wildman–Crippen LogP) is 0.959. The van der Waals surface area contributed by atoms with Crippen LogP contribution in [-0.2, 0) is 13.1 Å². The van der Waals surface area contributed by atoms with Gasteiger partial charge in [-0.3, -0.25) is 14.7 Å². The molecule has 2 saturated carbocycles. The van der Waals surface area contributed by atoms with Crippen LogP contribution < -0.4 is 11.2 Å². The van der Waals surface area contributed by atoms with Crippen molar-refractivity contribution in [3.8, 4) is 0 Å². The van der Waals surface area contributed by atoms with E-state index in [9.17, 15) is 9.59 Å². The van der Waals surface area contributed by atoms with Gasteiger partial charge in [-0.25, -0.2) is 4.79 Å². The lowest BCUT2D eigenvalue weighted by molar-refractivity contribution is 0.246. The second-order valence-electron chi connectivity index (χ2n) is 6.48. The smallest absolute Gasteiger partial charge is 0.310 e. The summed E-state index contributed by atoms with van der Waals surface area (Å²) in [5.74, 6) is 0.987. The number of aromatic nitrogens is 2. The molecule has 5 nitrogen and oxygen atoms in total. The summed E-state index contributed by atoms with van der Waals surface area (Å²) >= 11 is 0. The van der Waals surface area contributed by atoms with E-state index in [1.54, 1.807) is 0 Å². The molecule has 0 aromatic carbocycles. The first-order valence-corrected chi connectivity index (χ1v) is 7.23. The molecule has 0 amide bonds. The van der Waals surface area contributed by atoms with Crippen LogP contribution in [0.15, 0.2) is 9.59 Å². The first-order chi connectivity index (χ1) is 9.16. The normalized spacial score (nSPS) is 32.3. The number of rotatable bonds is 3. The SMILES string of the molecule is O=c1[nH]c2c(c(=O)[nH]1)CN(CC[C@@]13CCC[C@@H]1C3)C2. The first kappa shape index (κ1) is 11.5. The summed E-state index contributed by atoms with van der Waals surface area (Å²) in [7, 11) is 0. The maximum absolute atomic E-state index is 11.7. The number of fused-ring (bicyclic) bond motifs is 2. The topological polar surface area (TPSA) is 69.0 Å². The van der Waals surface area contributed by atoms with Crippen LogP contribution in [0.5, 0.6) is 0 Å². The zero-order valence-electron chi connectivity index (χ0n) is 11.0. The molecule has 0 unspecified atom stereocenters. The molecule has 2 aliphatic carbocycles. The van der Waals surface area contributed by atoms with Crippen LogP contribution in [0.3, 0.4) is 0 Å². The van der Waals surface area contributed by atoms with Crippen LogP contribution >= 0.6 is 0 Å². The molecule has 19 heavy (non-hydrogen) atoms. The monoisotopic (exact) mass is 261 g/mol. The van der Waals surface area contributed by atoms with Crippen molar-refractivity contribution in [2.75, 3.05) is 6.54 Å². The molecular formula is C14H19N3O2. The highest BCUT2D eigenvalue weighted by Crippen LogP contribution is 2.65. The molecule has 0 saturated heterocycles. The van der Waals surface area contributed by atoms with Crippen molar-refractivity contribution < 1.29 is 0 Å². The van der Waals surface area contributed by atoms with Crippen molar-refractivity contribution in [2.24, 2.45) is 11.3 Å². The molecular weight excluding hydrogens is 242 g/mol. The van der Waals surface area contributed by atoms with E-state index in [4.69, 9.17) is 0 Å². The van der Waals surface area contributed by atoms with Gasteiger partial charge in [0.25, 0.3) is 5.56 Å². The summed E-state index contributed by atoms with van der Waals surface area (Å²) in [6.45, 7) is 2.45. The number of hydrogen-bond donors (Lipinski definition) is 2. The van der Waals surface area contributed by atoms with Gasteiger partial charge in [0.15, 0.2) is 0 Å². The van der Waals surface area contributed by atoms with Gasteiger partial charge in [0.2, 0.25) is 0 Å². The molecule has 2 heterocycles. The quantitative estimate of drug-likeness (QED) is 0.851. The maximum Gasteiger partial charge on any atom is 0.325 e. The van der Waals surface area contributed by atoms with Crippen molar-refractivity contribution in [1.82, 2.24) is 14.9 Å². The van der Waals surface area contributed by atoms with Crippen LogP contribution in [0.25, 0.3) is 0 Å². The highest BCUT2D eigenvalue weighted by molar-refractivity contribution is 5.20. The molecule has 1 aliphatic heterocycles. The molecule has 1 aromatic heterocycles. The third-order valence-corrected chi connectivity index (χ3v) is 5.41. The van der Waals surface area contributed by atoms with E-state index in [0.717, 1.165) is 30.3 Å². The summed E-state index contributed by atoms with van der Waals surface area (Å²) in [5, 5.41) is 0. The number of nitrogens with one attached hydrogen (secondary N) is 2. The minimum atomic E-state index is -0.387. The fourth-order valence-electron chi connectivity index (χ4n) is 4.18. The summed E-state index contributed by atoms with van der Waals surface area (Å²) in [4.78, 5) is 30.3. The molecule has 5 heteroatoms. The highest BCUT2D eigenvalue weighted by Gasteiger charge is 2.55. The molecule has 0 bridgehead atoms. The molecule has 2 atom stereocenters. The van der Waals surface area contributed by atoms with Crippen molar-refractivity contribution in [2.45, 2.75) is 45.2 Å². The number of nitrogens with zero attached hydrogens (tertiary/aromatic N) is 1. The Labute approximate surface area is 111 Å².